The zero-order chi connectivity index (χ0) is 23.0. The van der Waals surface area contributed by atoms with Crippen molar-refractivity contribution in [3.8, 4) is 0 Å². The molecule has 2 unspecified atom stereocenters. The Morgan fingerprint density at radius 1 is 0.806 bits per heavy atom. The van der Waals surface area contributed by atoms with Gasteiger partial charge in [-0.3, -0.25) is 9.59 Å². The molecule has 31 heavy (non-hydrogen) atoms. The number of aliphatic hydroxyl groups is 2. The Kier molecular flexibility index (Phi) is 8.54. The highest BCUT2D eigenvalue weighted by Crippen LogP contribution is 2.27. The van der Waals surface area contributed by atoms with Crippen LogP contribution in [-0.4, -0.2) is 47.1 Å². The zero-order valence-electron chi connectivity index (χ0n) is 17.7. The van der Waals surface area contributed by atoms with Crippen LogP contribution in [0.25, 0.3) is 0 Å². The number of azo groups is 1. The van der Waals surface area contributed by atoms with Gasteiger partial charge in [-0.2, -0.15) is 10.2 Å². The number of aliphatic hydroxyl groups excluding tert-OH is 2. The van der Waals surface area contributed by atoms with E-state index in [4.69, 9.17) is 0 Å². The first-order valence-electron chi connectivity index (χ1n) is 9.76. The van der Waals surface area contributed by atoms with Gasteiger partial charge in [-0.15, -0.1) is 0 Å². The van der Waals surface area contributed by atoms with Crippen molar-refractivity contribution < 1.29 is 19.8 Å². The van der Waals surface area contributed by atoms with Crippen molar-refractivity contribution >= 4 is 28.6 Å². The normalized spacial score (nSPS) is 12.9. The molecule has 0 aliphatic carbocycles. The van der Waals surface area contributed by atoms with Gasteiger partial charge in [0.05, 0.1) is 24.6 Å². The Morgan fingerprint density at radius 2 is 1.23 bits per heavy atom. The largest absolute Gasteiger partial charge is 0.394 e. The molecule has 0 saturated carbocycles. The summed E-state index contributed by atoms with van der Waals surface area (Å²) in [5.41, 5.74) is 2.19. The predicted octanol–water partition coefficient (Wildman–Crippen LogP) is 3.92. The number of Topliss-reactive ketones (excluding diaryl/α,β-unsaturated/α-hetero) is 2. The van der Waals surface area contributed by atoms with Gasteiger partial charge in [-0.1, -0.05) is 31.4 Å². The number of benzene rings is 2. The molecule has 0 bridgehead atoms. The van der Waals surface area contributed by atoms with Crippen LogP contribution in [0.2, 0.25) is 0 Å². The summed E-state index contributed by atoms with van der Waals surface area (Å²) in [6, 6.07) is 13.7. The number of carbonyl (C=O) groups is 2. The summed E-state index contributed by atoms with van der Waals surface area (Å²) in [5.74, 6) is -0.855. The lowest BCUT2D eigenvalue weighted by atomic mass is 9.98. The second kappa shape index (κ2) is 11.1. The van der Waals surface area contributed by atoms with E-state index in [1.165, 1.54) is 18.7 Å². The summed E-state index contributed by atoms with van der Waals surface area (Å²) in [6.07, 6.45) is 0. The standard InChI is InChI=1S/C24H27N3O4/c1-16(2)23(30)21(14-28)27(22(15-29)24(31)17(3)4)20-12-10-19(11-13-20)26-25-18-8-6-5-7-9-18/h5-13,21-22,28-29H,1,3,14-15H2,2,4H3/b26-25+. The molecule has 0 radical (unpaired) electrons. The van der Waals surface area contributed by atoms with Crippen molar-refractivity contribution in [3.05, 3.63) is 78.9 Å². The summed E-state index contributed by atoms with van der Waals surface area (Å²) >= 11 is 0. The van der Waals surface area contributed by atoms with Gasteiger partial charge in [0.15, 0.2) is 11.6 Å². The quantitative estimate of drug-likeness (QED) is 0.423. The molecular weight excluding hydrogens is 394 g/mol. The Hall–Kier alpha value is -3.42. The van der Waals surface area contributed by atoms with Crippen LogP contribution >= 0.6 is 0 Å². The lowest BCUT2D eigenvalue weighted by Crippen LogP contribution is -2.54. The molecule has 2 rings (SSSR count). The first-order chi connectivity index (χ1) is 14.8. The summed E-state index contributed by atoms with van der Waals surface area (Å²) < 4.78 is 0. The molecule has 7 heteroatoms. The molecule has 0 aliphatic heterocycles. The third kappa shape index (κ3) is 6.04. The van der Waals surface area contributed by atoms with E-state index in [-0.39, 0.29) is 11.1 Å². The van der Waals surface area contributed by atoms with Crippen molar-refractivity contribution in [2.75, 3.05) is 18.1 Å². The van der Waals surface area contributed by atoms with Crippen LogP contribution in [0, 0.1) is 0 Å². The molecule has 2 N–H and O–H groups in total. The Bertz CT molecular complexity index is 934. The van der Waals surface area contributed by atoms with Crippen LogP contribution in [0.1, 0.15) is 13.8 Å². The van der Waals surface area contributed by atoms with E-state index in [2.05, 4.69) is 23.4 Å². The molecule has 0 spiro atoms. The molecule has 0 aromatic heterocycles. The summed E-state index contributed by atoms with van der Waals surface area (Å²) in [5, 5.41) is 28.2. The van der Waals surface area contributed by atoms with Crippen molar-refractivity contribution in [2.24, 2.45) is 10.2 Å². The van der Waals surface area contributed by atoms with E-state index in [0.29, 0.717) is 17.1 Å². The molecule has 0 saturated heterocycles. The van der Waals surface area contributed by atoms with Crippen LogP contribution in [0.5, 0.6) is 0 Å². The maximum atomic E-state index is 12.7. The maximum Gasteiger partial charge on any atom is 0.182 e. The summed E-state index contributed by atoms with van der Waals surface area (Å²) in [7, 11) is 0. The van der Waals surface area contributed by atoms with Crippen LogP contribution in [-0.2, 0) is 9.59 Å². The van der Waals surface area contributed by atoms with E-state index in [0.717, 1.165) is 0 Å². The summed E-state index contributed by atoms with van der Waals surface area (Å²) in [6.45, 7) is 9.26. The number of hydrogen-bond donors (Lipinski definition) is 2. The average Bonchev–Trinajstić information content (AvgIpc) is 2.78. The predicted molar refractivity (Wildman–Crippen MR) is 121 cm³/mol. The number of carbonyl (C=O) groups excluding carboxylic acids is 2. The van der Waals surface area contributed by atoms with E-state index < -0.39 is 36.9 Å². The van der Waals surface area contributed by atoms with Gasteiger partial charge in [0, 0.05) is 5.69 Å². The number of hydrogen-bond acceptors (Lipinski definition) is 7. The van der Waals surface area contributed by atoms with E-state index in [9.17, 15) is 19.8 Å². The number of rotatable bonds is 11. The van der Waals surface area contributed by atoms with Crippen LogP contribution in [0.3, 0.4) is 0 Å². The SMILES string of the molecule is C=C(C)C(=O)C(CO)N(c1ccc(/N=N/c2ccccc2)cc1)C(CO)C(=O)C(=C)C. The molecule has 2 aromatic carbocycles. The van der Waals surface area contributed by atoms with Crippen molar-refractivity contribution in [3.63, 3.8) is 0 Å². The molecule has 2 aromatic rings. The summed E-state index contributed by atoms with van der Waals surface area (Å²) in [4.78, 5) is 26.8. The van der Waals surface area contributed by atoms with Gasteiger partial charge in [-0.05, 0) is 61.4 Å². The van der Waals surface area contributed by atoms with Crippen LogP contribution < -0.4 is 4.90 Å². The van der Waals surface area contributed by atoms with Gasteiger partial charge in [0.25, 0.3) is 0 Å². The minimum Gasteiger partial charge on any atom is -0.394 e. The monoisotopic (exact) mass is 421 g/mol. The Balaban J connectivity index is 2.44. The Morgan fingerprint density at radius 3 is 1.61 bits per heavy atom. The zero-order valence-corrected chi connectivity index (χ0v) is 17.7. The van der Waals surface area contributed by atoms with Crippen molar-refractivity contribution in [2.45, 2.75) is 25.9 Å². The second-order valence-electron chi connectivity index (χ2n) is 7.15. The lowest BCUT2D eigenvalue weighted by Gasteiger charge is -2.37. The molecule has 0 fully saturated rings. The molecule has 162 valence electrons. The molecule has 0 heterocycles. The van der Waals surface area contributed by atoms with Gasteiger partial charge in [0.1, 0.15) is 12.1 Å². The van der Waals surface area contributed by atoms with Gasteiger partial charge in [-0.25, -0.2) is 0 Å². The fourth-order valence-corrected chi connectivity index (χ4v) is 3.04. The fourth-order valence-electron chi connectivity index (χ4n) is 3.04. The average molecular weight is 421 g/mol. The topological polar surface area (TPSA) is 103 Å². The first kappa shape index (κ1) is 23.9. The molecular formula is C24H27N3O4. The van der Waals surface area contributed by atoms with Gasteiger partial charge in [0.2, 0.25) is 0 Å². The lowest BCUT2D eigenvalue weighted by molar-refractivity contribution is -0.119. The minimum atomic E-state index is -1.09. The van der Waals surface area contributed by atoms with Crippen LogP contribution in [0.15, 0.2) is 89.1 Å². The van der Waals surface area contributed by atoms with Gasteiger partial charge >= 0.3 is 0 Å². The minimum absolute atomic E-state index is 0.233. The first-order valence-corrected chi connectivity index (χ1v) is 9.76. The van der Waals surface area contributed by atoms with Gasteiger partial charge < -0.3 is 15.1 Å². The van der Waals surface area contributed by atoms with E-state index in [1.807, 2.05) is 30.3 Å². The third-order valence-electron chi connectivity index (χ3n) is 4.65. The Labute approximate surface area is 182 Å². The second-order valence-corrected chi connectivity index (χ2v) is 7.15. The highest BCUT2D eigenvalue weighted by atomic mass is 16.3. The third-order valence-corrected chi connectivity index (χ3v) is 4.65. The van der Waals surface area contributed by atoms with Crippen molar-refractivity contribution in [1.82, 2.24) is 0 Å². The highest BCUT2D eigenvalue weighted by molar-refractivity contribution is 6.05. The molecule has 0 amide bonds. The van der Waals surface area contributed by atoms with Crippen LogP contribution in [0.4, 0.5) is 17.1 Å². The molecule has 7 nitrogen and oxygen atoms in total. The smallest absolute Gasteiger partial charge is 0.182 e. The number of ketones is 2. The molecule has 0 aliphatic rings. The van der Waals surface area contributed by atoms with E-state index >= 15 is 0 Å². The van der Waals surface area contributed by atoms with Crippen molar-refractivity contribution in [1.29, 1.82) is 0 Å². The number of anilines is 1. The number of nitrogens with zero attached hydrogens (tertiary/aromatic N) is 3. The molecule has 2 atom stereocenters. The highest BCUT2D eigenvalue weighted by Gasteiger charge is 2.35. The fraction of sp³-hybridized carbons (Fsp3) is 0.250. The van der Waals surface area contributed by atoms with E-state index in [1.54, 1.807) is 24.3 Å². The maximum absolute atomic E-state index is 12.7.